The second kappa shape index (κ2) is 17.5. The molecule has 6 rings (SSSR count). The Labute approximate surface area is 332 Å². The SMILES string of the molecule is CC(C)(C)c1[c-]c2c(cc1C(C)(C)C)-c1cc(C(C)(C)C)c(C(C)(C)C)cc1C2.[C-]1=CC=CC1.[Cl-].[Cl-].[Hf+2]=[C](c1ccccc1)c1ccccc1. The molecule has 0 heterocycles. The molecule has 50 heavy (non-hydrogen) atoms. The first kappa shape index (κ1) is 43.8. The van der Waals surface area contributed by atoms with Crippen molar-refractivity contribution >= 4 is 3.26 Å². The van der Waals surface area contributed by atoms with Crippen LogP contribution in [0.1, 0.15) is 134 Å². The third-order valence-electron chi connectivity index (χ3n) is 8.94. The summed E-state index contributed by atoms with van der Waals surface area (Å²) in [6.45, 7) is 28.0. The van der Waals surface area contributed by atoms with Gasteiger partial charge >= 0.3 is 98.9 Å². The number of fused-ring (bicyclic) bond motifs is 3. The Morgan fingerprint density at radius 2 is 1.04 bits per heavy atom. The van der Waals surface area contributed by atoms with Crippen molar-refractivity contribution in [3.8, 4) is 11.1 Å². The Morgan fingerprint density at radius 1 is 0.580 bits per heavy atom. The summed E-state index contributed by atoms with van der Waals surface area (Å²) in [5.41, 5.74) is 14.7. The van der Waals surface area contributed by atoms with Gasteiger partial charge in [-0.15, -0.1) is 23.1 Å². The summed E-state index contributed by atoms with van der Waals surface area (Å²) in [4.78, 5) is 0. The summed E-state index contributed by atoms with van der Waals surface area (Å²) in [5, 5.41) is 0. The topological polar surface area (TPSA) is 0 Å². The molecule has 3 heteroatoms. The maximum absolute atomic E-state index is 3.90. The normalized spacial score (nSPS) is 13.1. The van der Waals surface area contributed by atoms with E-state index in [1.165, 1.54) is 58.9 Å². The van der Waals surface area contributed by atoms with Gasteiger partial charge in [0.1, 0.15) is 0 Å². The first-order valence-electron chi connectivity index (χ1n) is 17.5. The van der Waals surface area contributed by atoms with E-state index in [1.807, 2.05) is 12.2 Å². The van der Waals surface area contributed by atoms with Crippen LogP contribution in [-0.2, 0) is 52.0 Å². The summed E-state index contributed by atoms with van der Waals surface area (Å²) >= 11 is 1.08. The number of hydrogen-bond donors (Lipinski definition) is 0. The molecule has 0 spiro atoms. The average molecular weight is 870 g/mol. The molecule has 0 N–H and O–H groups in total. The number of allylic oxidation sites excluding steroid dienone is 4. The molecule has 4 aromatic carbocycles. The van der Waals surface area contributed by atoms with Gasteiger partial charge < -0.3 is 24.8 Å². The van der Waals surface area contributed by atoms with Crippen LogP contribution in [0, 0.1) is 12.1 Å². The van der Waals surface area contributed by atoms with E-state index >= 15 is 0 Å². The van der Waals surface area contributed by atoms with Crippen molar-refractivity contribution in [2.24, 2.45) is 0 Å². The molecule has 0 amide bonds. The zero-order valence-corrected chi connectivity index (χ0v) is 37.5. The average Bonchev–Trinajstić information content (AvgIpc) is 3.71. The molecule has 2 aliphatic carbocycles. The molecule has 4 aromatic rings. The molecule has 0 aliphatic heterocycles. The van der Waals surface area contributed by atoms with Gasteiger partial charge in [0, 0.05) is 0 Å². The molecule has 0 aromatic heterocycles. The van der Waals surface area contributed by atoms with Gasteiger partial charge in [-0.2, -0.15) is 23.8 Å². The standard InChI is InChI=1S/C29H41.C13H10.C5H5.2ClH.Hf/c1-26(2,3)22-14-18-13-19-15-23(27(4,5)6)25(29(10,11)12)17-21(19)20(18)16-24(22)28(7,8)9;1-3-7-12(8-4-1)11-13-9-5-2-6-10-13;1-2-4-5-3-1;;;/h14,16-17H,13H2,1-12H3;1-10H;1-3H,4H2;2*1H;/q-1;;-1;;;+2/p-2. The van der Waals surface area contributed by atoms with E-state index < -0.39 is 0 Å². The van der Waals surface area contributed by atoms with Crippen LogP contribution in [0.5, 0.6) is 0 Å². The molecule has 0 bridgehead atoms. The monoisotopic (exact) mass is 870 g/mol. The van der Waals surface area contributed by atoms with Crippen molar-refractivity contribution in [1.82, 2.24) is 0 Å². The van der Waals surface area contributed by atoms with Crippen LogP contribution in [0.15, 0.2) is 97.1 Å². The third-order valence-corrected chi connectivity index (χ3v) is 11.0. The molecule has 0 nitrogen and oxygen atoms in total. The van der Waals surface area contributed by atoms with Crippen LogP contribution < -0.4 is 24.8 Å². The van der Waals surface area contributed by atoms with E-state index in [1.54, 1.807) is 0 Å². The molecule has 0 fully saturated rings. The number of benzene rings is 4. The predicted octanol–water partition coefficient (Wildman–Crippen LogP) is 6.36. The Hall–Kier alpha value is -2.32. The van der Waals surface area contributed by atoms with Gasteiger partial charge in [-0.1, -0.05) is 106 Å². The van der Waals surface area contributed by atoms with Crippen LogP contribution >= 0.6 is 0 Å². The molecule has 2 aliphatic rings. The van der Waals surface area contributed by atoms with E-state index in [0.29, 0.717) is 0 Å². The van der Waals surface area contributed by atoms with Gasteiger partial charge in [0.15, 0.2) is 0 Å². The van der Waals surface area contributed by atoms with Crippen molar-refractivity contribution in [3.05, 3.63) is 154 Å². The van der Waals surface area contributed by atoms with E-state index in [4.69, 9.17) is 0 Å². The summed E-state index contributed by atoms with van der Waals surface area (Å²) < 4.78 is 1.46. The Balaban J connectivity index is 0.000000341. The second-order valence-corrected chi connectivity index (χ2v) is 19.1. The number of hydrogen-bond acceptors (Lipinski definition) is 0. The van der Waals surface area contributed by atoms with Gasteiger partial charge in [0.25, 0.3) is 0 Å². The van der Waals surface area contributed by atoms with Crippen LogP contribution in [-0.4, -0.2) is 3.26 Å². The summed E-state index contributed by atoms with van der Waals surface area (Å²) in [5.74, 6) is 0. The van der Waals surface area contributed by atoms with Crippen molar-refractivity contribution in [3.63, 3.8) is 0 Å². The minimum absolute atomic E-state index is 0. The predicted molar refractivity (Wildman–Crippen MR) is 206 cm³/mol. The molecule has 264 valence electrons. The molecule has 0 saturated carbocycles. The molecule has 0 atom stereocenters. The van der Waals surface area contributed by atoms with E-state index in [-0.39, 0.29) is 46.5 Å². The first-order chi connectivity index (χ1) is 22.3. The van der Waals surface area contributed by atoms with E-state index in [0.717, 1.165) is 36.7 Å². The maximum atomic E-state index is 3.90. The van der Waals surface area contributed by atoms with Gasteiger partial charge in [-0.3, -0.25) is 6.08 Å². The fourth-order valence-corrected chi connectivity index (χ4v) is 7.54. The van der Waals surface area contributed by atoms with Crippen LogP contribution in [0.25, 0.3) is 11.1 Å². The second-order valence-electron chi connectivity index (χ2n) is 17.3. The summed E-state index contributed by atoms with van der Waals surface area (Å²) in [6, 6.07) is 32.6. The minimum atomic E-state index is 0. The number of halogens is 2. The van der Waals surface area contributed by atoms with Crippen LogP contribution in [0.4, 0.5) is 0 Å². The van der Waals surface area contributed by atoms with Gasteiger partial charge in [0.2, 0.25) is 0 Å². The van der Waals surface area contributed by atoms with Crippen molar-refractivity contribution < 1.29 is 48.7 Å². The quantitative estimate of drug-likeness (QED) is 0.143. The molecule has 0 radical (unpaired) electrons. The zero-order valence-electron chi connectivity index (χ0n) is 32.4. The van der Waals surface area contributed by atoms with Crippen LogP contribution in [0.2, 0.25) is 0 Å². The Bertz CT molecular complexity index is 1650. The van der Waals surface area contributed by atoms with Gasteiger partial charge in [0.05, 0.1) is 0 Å². The summed E-state index contributed by atoms with van der Waals surface area (Å²) in [6.07, 6.45) is 11.0. The fraction of sp³-hybridized carbons (Fsp3) is 0.383. The molecular weight excluding hydrogens is 814 g/mol. The van der Waals surface area contributed by atoms with Crippen molar-refractivity contribution in [1.29, 1.82) is 0 Å². The van der Waals surface area contributed by atoms with Crippen molar-refractivity contribution in [2.45, 2.75) is 118 Å². The Kier molecular flexibility index (Phi) is 15.3. The number of rotatable bonds is 2. The fourth-order valence-electron chi connectivity index (χ4n) is 6.34. The summed E-state index contributed by atoms with van der Waals surface area (Å²) in [7, 11) is 0. The van der Waals surface area contributed by atoms with E-state index in [9.17, 15) is 0 Å². The van der Waals surface area contributed by atoms with Gasteiger partial charge in [-0.25, -0.2) is 12.2 Å². The third kappa shape index (κ3) is 11.1. The molecule has 0 saturated heterocycles. The first-order valence-corrected chi connectivity index (χ1v) is 19.3. The Morgan fingerprint density at radius 3 is 1.42 bits per heavy atom. The zero-order chi connectivity index (χ0) is 35.5. The molecular formula is C47H56Cl2Hf-2. The van der Waals surface area contributed by atoms with Crippen molar-refractivity contribution in [2.75, 3.05) is 0 Å². The van der Waals surface area contributed by atoms with Crippen LogP contribution in [0.3, 0.4) is 0 Å². The van der Waals surface area contributed by atoms with Gasteiger partial charge in [-0.05, 0) is 39.4 Å². The molecule has 0 unspecified atom stereocenters. The van der Waals surface area contributed by atoms with E-state index in [2.05, 4.69) is 180 Å².